The molecule has 0 radical (unpaired) electrons. The van der Waals surface area contributed by atoms with Crippen LogP contribution in [0.25, 0.3) is 0 Å². The van der Waals surface area contributed by atoms with Gasteiger partial charge in [-0.2, -0.15) is 0 Å². The number of carboxylic acids is 1. The summed E-state index contributed by atoms with van der Waals surface area (Å²) < 4.78 is 6.24. The van der Waals surface area contributed by atoms with E-state index < -0.39 is 11.6 Å². The first kappa shape index (κ1) is 24.1. The molecule has 1 unspecified atom stereocenters. The highest BCUT2D eigenvalue weighted by molar-refractivity contribution is 6.42. The predicted octanol–water partition coefficient (Wildman–Crippen LogP) is 5.70. The number of hydrogen-bond donors (Lipinski definition) is 1. The maximum Gasteiger partial charge on any atom is 0.323 e. The number of nitrogens with zero attached hydrogens (tertiary/aromatic N) is 1. The Labute approximate surface area is 208 Å². The topological polar surface area (TPSA) is 66.8 Å². The van der Waals surface area contributed by atoms with Crippen molar-refractivity contribution >= 4 is 35.1 Å². The number of carbonyl (C=O) groups excluding carboxylic acids is 1. The van der Waals surface area contributed by atoms with Gasteiger partial charge in [0.2, 0.25) is 0 Å². The van der Waals surface area contributed by atoms with E-state index in [1.54, 1.807) is 24.3 Å². The van der Waals surface area contributed by atoms with Gasteiger partial charge in [0, 0.05) is 24.9 Å². The fraction of sp³-hybridized carbons (Fsp3) is 0.259. The van der Waals surface area contributed by atoms with E-state index in [0.29, 0.717) is 47.2 Å². The van der Waals surface area contributed by atoms with Crippen molar-refractivity contribution in [1.82, 2.24) is 4.90 Å². The zero-order valence-corrected chi connectivity index (χ0v) is 20.3. The summed E-state index contributed by atoms with van der Waals surface area (Å²) >= 11 is 12.5. The molecule has 1 N–H and O–H groups in total. The Bertz CT molecular complexity index is 1210. The zero-order chi connectivity index (χ0) is 24.3. The number of fused-ring (bicyclic) bond motifs is 1. The Kier molecular flexibility index (Phi) is 7.15. The van der Waals surface area contributed by atoms with Crippen LogP contribution in [-0.2, 0) is 24.1 Å². The minimum Gasteiger partial charge on any atom is -0.487 e. The van der Waals surface area contributed by atoms with Gasteiger partial charge in [-0.25, -0.2) is 0 Å². The minimum absolute atomic E-state index is 0.312. The van der Waals surface area contributed by atoms with E-state index in [1.807, 2.05) is 49.4 Å². The average molecular weight is 498 g/mol. The molecule has 0 saturated carbocycles. The fourth-order valence-corrected chi connectivity index (χ4v) is 4.73. The van der Waals surface area contributed by atoms with Gasteiger partial charge in [-0.15, -0.1) is 0 Å². The average Bonchev–Trinajstić information content (AvgIpc) is 3.14. The molecule has 1 aliphatic heterocycles. The third-order valence-electron chi connectivity index (χ3n) is 5.95. The quantitative estimate of drug-likeness (QED) is 0.433. The van der Waals surface area contributed by atoms with Gasteiger partial charge in [0.05, 0.1) is 10.0 Å². The summed E-state index contributed by atoms with van der Waals surface area (Å²) in [5.74, 6) is -0.643. The van der Waals surface area contributed by atoms with Gasteiger partial charge in [0.1, 0.15) is 17.9 Å². The summed E-state index contributed by atoms with van der Waals surface area (Å²) in [7, 11) is 0. The minimum atomic E-state index is -1.04. The summed E-state index contributed by atoms with van der Waals surface area (Å²) in [6.45, 7) is 1.96. The van der Waals surface area contributed by atoms with Crippen LogP contribution in [0, 0.1) is 0 Å². The molecule has 1 amide bonds. The number of halogens is 2. The lowest BCUT2D eigenvalue weighted by Gasteiger charge is -2.24. The van der Waals surface area contributed by atoms with Gasteiger partial charge in [0.15, 0.2) is 0 Å². The van der Waals surface area contributed by atoms with E-state index in [1.165, 1.54) is 4.90 Å². The van der Waals surface area contributed by atoms with E-state index in [0.717, 1.165) is 16.7 Å². The molecule has 5 nitrogen and oxygen atoms in total. The van der Waals surface area contributed by atoms with Crippen molar-refractivity contribution < 1.29 is 19.4 Å². The number of amides is 1. The number of benzene rings is 3. The Morgan fingerprint density at radius 2 is 1.82 bits per heavy atom. The third kappa shape index (κ3) is 5.54. The number of carbonyl (C=O) groups is 2. The summed E-state index contributed by atoms with van der Waals surface area (Å²) in [6, 6.07) is 20.5. The molecule has 3 aromatic rings. The number of aliphatic carboxylic acids is 1. The molecule has 0 bridgehead atoms. The lowest BCUT2D eigenvalue weighted by Crippen LogP contribution is -2.37. The van der Waals surface area contributed by atoms with Gasteiger partial charge in [-0.05, 0) is 54.3 Å². The summed E-state index contributed by atoms with van der Waals surface area (Å²) in [5.41, 5.74) is 2.76. The predicted molar refractivity (Wildman–Crippen MR) is 133 cm³/mol. The second-order valence-corrected chi connectivity index (χ2v) is 9.58. The highest BCUT2D eigenvalue weighted by Gasteiger charge is 2.36. The highest BCUT2D eigenvalue weighted by Crippen LogP contribution is 2.39. The molecule has 1 atom stereocenters. The fourth-order valence-electron chi connectivity index (χ4n) is 4.35. The summed E-state index contributed by atoms with van der Waals surface area (Å²) in [4.78, 5) is 26.0. The lowest BCUT2D eigenvalue weighted by molar-refractivity contribution is -0.137. The van der Waals surface area contributed by atoms with Crippen LogP contribution in [0.3, 0.4) is 0 Å². The largest absolute Gasteiger partial charge is 0.487 e. The molecule has 3 aromatic carbocycles. The molecule has 7 heteroatoms. The van der Waals surface area contributed by atoms with Gasteiger partial charge in [0.25, 0.3) is 5.91 Å². The maximum atomic E-state index is 13.2. The van der Waals surface area contributed by atoms with Crippen molar-refractivity contribution in [2.45, 2.75) is 31.8 Å². The smallest absolute Gasteiger partial charge is 0.323 e. The normalized spacial score (nSPS) is 16.6. The summed E-state index contributed by atoms with van der Waals surface area (Å²) in [6.07, 6.45) is 1.73. The van der Waals surface area contributed by atoms with Gasteiger partial charge in [-0.1, -0.05) is 65.7 Å². The van der Waals surface area contributed by atoms with E-state index in [2.05, 4.69) is 0 Å². The van der Waals surface area contributed by atoms with Gasteiger partial charge < -0.3 is 14.7 Å². The van der Waals surface area contributed by atoms with Crippen LogP contribution < -0.4 is 4.74 Å². The Morgan fingerprint density at radius 1 is 1.06 bits per heavy atom. The Balaban J connectivity index is 1.50. The number of carboxylic acid groups (broad SMARTS) is 1. The third-order valence-corrected chi connectivity index (χ3v) is 6.81. The molecule has 0 aliphatic carbocycles. The van der Waals surface area contributed by atoms with Crippen molar-refractivity contribution in [2.75, 3.05) is 13.1 Å². The molecule has 0 aromatic heterocycles. The van der Waals surface area contributed by atoms with E-state index in [9.17, 15) is 14.7 Å². The Hall–Kier alpha value is -3.02. The number of hydrogen-bond acceptors (Lipinski definition) is 3. The van der Waals surface area contributed by atoms with Crippen LogP contribution in [0.5, 0.6) is 5.75 Å². The van der Waals surface area contributed by atoms with Crippen molar-refractivity contribution in [3.63, 3.8) is 0 Å². The first-order valence-electron chi connectivity index (χ1n) is 11.0. The van der Waals surface area contributed by atoms with E-state index in [4.69, 9.17) is 27.9 Å². The van der Waals surface area contributed by atoms with Crippen LogP contribution in [0.15, 0.2) is 66.7 Å². The van der Waals surface area contributed by atoms with Crippen LogP contribution >= 0.6 is 23.2 Å². The number of rotatable bonds is 8. The molecular weight excluding hydrogens is 473 g/mol. The highest BCUT2D eigenvalue weighted by atomic mass is 35.5. The van der Waals surface area contributed by atoms with Gasteiger partial charge >= 0.3 is 5.97 Å². The first-order valence-corrected chi connectivity index (χ1v) is 11.8. The molecule has 4 rings (SSSR count). The van der Waals surface area contributed by atoms with Crippen molar-refractivity contribution in [3.8, 4) is 5.75 Å². The van der Waals surface area contributed by atoms with Crippen LogP contribution in [0.2, 0.25) is 10.0 Å². The first-order chi connectivity index (χ1) is 16.2. The number of ether oxygens (including phenoxy) is 1. The molecule has 1 heterocycles. The maximum absolute atomic E-state index is 13.2. The molecular formula is C27H25Cl2NO4. The second-order valence-electron chi connectivity index (χ2n) is 8.80. The van der Waals surface area contributed by atoms with E-state index in [-0.39, 0.29) is 12.5 Å². The van der Waals surface area contributed by atoms with Gasteiger partial charge in [-0.3, -0.25) is 9.59 Å². The zero-order valence-electron chi connectivity index (χ0n) is 18.8. The monoisotopic (exact) mass is 497 g/mol. The van der Waals surface area contributed by atoms with Crippen LogP contribution in [-0.4, -0.2) is 40.6 Å². The van der Waals surface area contributed by atoms with Crippen LogP contribution in [0.4, 0.5) is 0 Å². The van der Waals surface area contributed by atoms with Crippen molar-refractivity contribution in [2.24, 2.45) is 0 Å². The molecule has 1 aliphatic rings. The molecule has 176 valence electrons. The SMILES string of the molecule is CC1(Cc2cccc(Cl)c2Cl)Cc2cc(C(=O)N(CCc3ccccc3)CC(=O)O)ccc2O1. The molecule has 0 fully saturated rings. The van der Waals surface area contributed by atoms with E-state index >= 15 is 0 Å². The summed E-state index contributed by atoms with van der Waals surface area (Å²) in [5, 5.41) is 10.4. The van der Waals surface area contributed by atoms with Crippen molar-refractivity contribution in [3.05, 3.63) is 99.0 Å². The van der Waals surface area contributed by atoms with Crippen LogP contribution in [0.1, 0.15) is 34.0 Å². The second kappa shape index (κ2) is 10.1. The molecule has 0 saturated heterocycles. The molecule has 0 spiro atoms. The van der Waals surface area contributed by atoms with Crippen molar-refractivity contribution in [1.29, 1.82) is 0 Å². The standard InChI is InChI=1S/C27H25Cl2NO4/c1-27(15-20-8-5-9-22(28)25(20)29)16-21-14-19(10-11-23(21)34-27)26(33)30(17-24(31)32)13-12-18-6-3-2-4-7-18/h2-11,14H,12-13,15-17H2,1H3,(H,31,32). The Morgan fingerprint density at radius 3 is 2.56 bits per heavy atom. The lowest BCUT2D eigenvalue weighted by atomic mass is 9.91. The molecule has 34 heavy (non-hydrogen) atoms.